The molecule has 1 saturated carbocycles. The number of aromatic nitrogens is 4. The van der Waals surface area contributed by atoms with Crippen molar-refractivity contribution in [1.82, 2.24) is 19.6 Å². The van der Waals surface area contributed by atoms with Gasteiger partial charge in [-0.05, 0) is 66.1 Å². The monoisotopic (exact) mass is 658 g/mol. The number of fused-ring (bicyclic) bond motifs is 1. The SMILES string of the molecule is C[C@H]1C[C@@H](c2ccncc2Nc2ncc3ccc(-c4c(F)cc(C5(F)CCOCC5)cc4F)nn23)C[C@@H](N)[C@H]1OCCS(C)(=O)=O. The van der Waals surface area contributed by atoms with Gasteiger partial charge in [0.25, 0.3) is 0 Å². The number of alkyl halides is 1. The van der Waals surface area contributed by atoms with Crippen molar-refractivity contribution in [3.63, 3.8) is 0 Å². The number of nitrogens with two attached hydrogens (primary N) is 1. The van der Waals surface area contributed by atoms with Gasteiger partial charge in [0.1, 0.15) is 27.1 Å². The van der Waals surface area contributed by atoms with Crippen molar-refractivity contribution in [2.24, 2.45) is 11.7 Å². The van der Waals surface area contributed by atoms with Crippen molar-refractivity contribution in [3.05, 3.63) is 71.7 Å². The van der Waals surface area contributed by atoms with E-state index in [0.29, 0.717) is 23.6 Å². The molecule has 4 atom stereocenters. The smallest absolute Gasteiger partial charge is 0.229 e. The summed E-state index contributed by atoms with van der Waals surface area (Å²) >= 11 is 0. The van der Waals surface area contributed by atoms with Gasteiger partial charge in [-0.2, -0.15) is 9.61 Å². The first kappa shape index (κ1) is 32.4. The fraction of sp³-hybridized carbons (Fsp3) is 0.469. The molecule has 246 valence electrons. The molecule has 3 N–H and O–H groups in total. The predicted molar refractivity (Wildman–Crippen MR) is 167 cm³/mol. The molecular formula is C32H37F3N6O4S. The number of nitrogens with zero attached hydrogens (tertiary/aromatic N) is 4. The molecule has 0 radical (unpaired) electrons. The highest BCUT2D eigenvalue weighted by Crippen LogP contribution is 2.41. The van der Waals surface area contributed by atoms with Gasteiger partial charge in [0.2, 0.25) is 5.95 Å². The molecule has 0 unspecified atom stereocenters. The molecule has 1 saturated heterocycles. The molecule has 14 heteroatoms. The van der Waals surface area contributed by atoms with E-state index in [1.54, 1.807) is 24.7 Å². The number of ether oxygens (including phenoxy) is 2. The third kappa shape index (κ3) is 6.75. The normalized spacial score (nSPS) is 23.4. The van der Waals surface area contributed by atoms with Crippen LogP contribution in [0.3, 0.4) is 0 Å². The Morgan fingerprint density at radius 2 is 1.87 bits per heavy atom. The maximum Gasteiger partial charge on any atom is 0.229 e. The van der Waals surface area contributed by atoms with Gasteiger partial charge in [0, 0.05) is 44.5 Å². The molecule has 10 nitrogen and oxygen atoms in total. The average Bonchev–Trinajstić information content (AvgIpc) is 3.40. The molecule has 0 spiro atoms. The third-order valence-electron chi connectivity index (χ3n) is 8.99. The van der Waals surface area contributed by atoms with E-state index >= 15 is 13.2 Å². The lowest BCUT2D eigenvalue weighted by Gasteiger charge is -2.39. The van der Waals surface area contributed by atoms with Crippen LogP contribution in [-0.2, 0) is 25.0 Å². The lowest BCUT2D eigenvalue weighted by atomic mass is 9.74. The summed E-state index contributed by atoms with van der Waals surface area (Å²) in [5, 5.41) is 7.79. The van der Waals surface area contributed by atoms with Crippen LogP contribution < -0.4 is 11.1 Å². The standard InChI is InChI=1S/C32H37F3N6O4S/c1-19-13-20(14-26(36)30(19)45-11-12-46(2,42)43)23-5-8-37-18-28(23)39-31-38-17-22-3-4-27(40-41(22)31)29-24(33)15-21(16-25(29)34)32(35)6-9-44-10-7-32/h3-5,8,15-20,26,30H,6-7,9-14,36H2,1-2H3,(H,38,39)/t19-,20+,26+,30-/m0/s1. The first-order chi connectivity index (χ1) is 21.9. The van der Waals surface area contributed by atoms with Crippen LogP contribution >= 0.6 is 0 Å². The summed E-state index contributed by atoms with van der Waals surface area (Å²) < 4.78 is 81.9. The van der Waals surface area contributed by atoms with E-state index in [9.17, 15) is 8.42 Å². The highest BCUT2D eigenvalue weighted by atomic mass is 32.2. The lowest BCUT2D eigenvalue weighted by Crippen LogP contribution is -2.47. The third-order valence-corrected chi connectivity index (χ3v) is 9.89. The van der Waals surface area contributed by atoms with Gasteiger partial charge in [-0.3, -0.25) is 4.98 Å². The Bertz CT molecular complexity index is 1800. The van der Waals surface area contributed by atoms with E-state index in [2.05, 4.69) is 20.4 Å². The summed E-state index contributed by atoms with van der Waals surface area (Å²) in [5.41, 5.74) is 6.52. The van der Waals surface area contributed by atoms with Crippen LogP contribution in [0.2, 0.25) is 0 Å². The molecule has 4 heterocycles. The minimum Gasteiger partial charge on any atom is -0.381 e. The minimum atomic E-state index is -3.14. The molecule has 46 heavy (non-hydrogen) atoms. The first-order valence-corrected chi connectivity index (χ1v) is 17.3. The number of imidazole rings is 1. The van der Waals surface area contributed by atoms with Crippen LogP contribution in [0.4, 0.5) is 24.8 Å². The minimum absolute atomic E-state index is 0.0235. The Morgan fingerprint density at radius 1 is 1.13 bits per heavy atom. The van der Waals surface area contributed by atoms with Gasteiger partial charge < -0.3 is 20.5 Å². The number of hydrogen-bond acceptors (Lipinski definition) is 9. The highest BCUT2D eigenvalue weighted by Gasteiger charge is 2.37. The van der Waals surface area contributed by atoms with Crippen LogP contribution in [0, 0.1) is 17.6 Å². The number of anilines is 2. The second-order valence-electron chi connectivity index (χ2n) is 12.4. The van der Waals surface area contributed by atoms with Crippen LogP contribution in [0.5, 0.6) is 0 Å². The maximum absolute atomic E-state index is 15.5. The Hall–Kier alpha value is -3.59. The number of benzene rings is 1. The molecule has 1 aliphatic carbocycles. The molecule has 0 bridgehead atoms. The zero-order valence-corrected chi connectivity index (χ0v) is 26.4. The molecule has 1 aromatic carbocycles. The van der Waals surface area contributed by atoms with Crippen LogP contribution in [0.1, 0.15) is 49.7 Å². The predicted octanol–water partition coefficient (Wildman–Crippen LogP) is 5.06. The first-order valence-electron chi connectivity index (χ1n) is 15.3. The Labute approximate surface area is 265 Å². The van der Waals surface area contributed by atoms with E-state index < -0.39 is 27.1 Å². The summed E-state index contributed by atoms with van der Waals surface area (Å²) in [6, 6.07) is 6.84. The van der Waals surface area contributed by atoms with Crippen molar-refractivity contribution in [1.29, 1.82) is 0 Å². The molecule has 2 fully saturated rings. The number of nitrogens with one attached hydrogen (secondary N) is 1. The molecule has 1 aliphatic heterocycles. The van der Waals surface area contributed by atoms with Crippen molar-refractivity contribution >= 4 is 27.0 Å². The summed E-state index contributed by atoms with van der Waals surface area (Å²) in [6.45, 7) is 2.51. The Morgan fingerprint density at radius 3 is 2.57 bits per heavy atom. The van der Waals surface area contributed by atoms with E-state index in [0.717, 1.165) is 24.1 Å². The van der Waals surface area contributed by atoms with E-state index in [1.165, 1.54) is 16.8 Å². The van der Waals surface area contributed by atoms with Crippen molar-refractivity contribution < 1.29 is 31.1 Å². The number of hydrogen-bond donors (Lipinski definition) is 2. The largest absolute Gasteiger partial charge is 0.381 e. The topological polar surface area (TPSA) is 134 Å². The second-order valence-corrected chi connectivity index (χ2v) is 14.7. The van der Waals surface area contributed by atoms with Crippen molar-refractivity contribution in [2.75, 3.05) is 37.1 Å². The van der Waals surface area contributed by atoms with E-state index in [-0.39, 0.29) is 79.2 Å². The number of pyridine rings is 1. The van der Waals surface area contributed by atoms with Gasteiger partial charge in [-0.25, -0.2) is 26.6 Å². The Kier molecular flexibility index (Phi) is 9.07. The Balaban J connectivity index is 1.24. The number of sulfone groups is 1. The fourth-order valence-electron chi connectivity index (χ4n) is 6.59. The molecule has 4 aromatic rings. The number of rotatable bonds is 9. The molecule has 3 aromatic heterocycles. The van der Waals surface area contributed by atoms with Gasteiger partial charge in [0.15, 0.2) is 0 Å². The van der Waals surface area contributed by atoms with Crippen LogP contribution in [0.25, 0.3) is 16.8 Å². The van der Waals surface area contributed by atoms with Crippen molar-refractivity contribution in [3.8, 4) is 11.3 Å². The second kappa shape index (κ2) is 12.9. The van der Waals surface area contributed by atoms with Gasteiger partial charge in [0.05, 0.1) is 53.3 Å². The van der Waals surface area contributed by atoms with Gasteiger partial charge in [-0.15, -0.1) is 0 Å². The summed E-state index contributed by atoms with van der Waals surface area (Å²) in [6.07, 6.45) is 7.29. The molecular weight excluding hydrogens is 621 g/mol. The summed E-state index contributed by atoms with van der Waals surface area (Å²) in [5.74, 6) is -1.44. The molecule has 6 rings (SSSR count). The molecule has 0 amide bonds. The van der Waals surface area contributed by atoms with Crippen LogP contribution in [0.15, 0.2) is 48.9 Å². The summed E-state index contributed by atoms with van der Waals surface area (Å²) in [4.78, 5) is 8.74. The van der Waals surface area contributed by atoms with E-state index in [1.807, 2.05) is 13.0 Å². The summed E-state index contributed by atoms with van der Waals surface area (Å²) in [7, 11) is -3.14. The average molecular weight is 659 g/mol. The van der Waals surface area contributed by atoms with Gasteiger partial charge in [-0.1, -0.05) is 6.92 Å². The zero-order valence-electron chi connectivity index (χ0n) is 25.6. The quantitative estimate of drug-likeness (QED) is 0.253. The van der Waals surface area contributed by atoms with Gasteiger partial charge >= 0.3 is 0 Å². The zero-order chi connectivity index (χ0) is 32.6. The lowest BCUT2D eigenvalue weighted by molar-refractivity contribution is -0.0152. The number of halogens is 3. The van der Waals surface area contributed by atoms with Crippen LogP contribution in [-0.4, -0.2) is 72.0 Å². The molecule has 2 aliphatic rings. The fourth-order valence-corrected chi connectivity index (χ4v) is 6.99. The highest BCUT2D eigenvalue weighted by molar-refractivity contribution is 7.90. The van der Waals surface area contributed by atoms with Crippen molar-refractivity contribution in [2.45, 2.75) is 56.3 Å². The van der Waals surface area contributed by atoms with E-state index in [4.69, 9.17) is 15.2 Å². The maximum atomic E-state index is 15.5.